The predicted molar refractivity (Wildman–Crippen MR) is 81.0 cm³/mol. The molecule has 1 rings (SSSR count). The smallest absolute Gasteiger partial charge is 0.237 e. The first kappa shape index (κ1) is 16.6. The third kappa shape index (κ3) is 4.92. The number of aliphatic hydroxyl groups excluding tert-OH is 2. The van der Waals surface area contributed by atoms with Gasteiger partial charge in [0.15, 0.2) is 0 Å². The topological polar surface area (TPSA) is 105 Å². The van der Waals surface area contributed by atoms with Gasteiger partial charge in [-0.2, -0.15) is 0 Å². The average Bonchev–Trinajstić information content (AvgIpc) is 2.44. The lowest BCUT2D eigenvalue weighted by atomic mass is 10.2. The molecule has 0 aliphatic heterocycles. The lowest BCUT2D eigenvalue weighted by Crippen LogP contribution is -2.25. The number of nitrogen functional groups attached to an aromatic ring is 1. The molecule has 0 bridgehead atoms. The monoisotopic (exact) mass is 300 g/mol. The molecule has 0 aliphatic rings. The third-order valence-corrected chi connectivity index (χ3v) is 3.89. The Kier molecular flexibility index (Phi) is 6.63. The fourth-order valence-corrected chi connectivity index (χ4v) is 2.27. The van der Waals surface area contributed by atoms with Crippen molar-refractivity contribution < 1.29 is 19.7 Å². The van der Waals surface area contributed by atoms with Crippen LogP contribution in [0.1, 0.15) is 6.92 Å². The van der Waals surface area contributed by atoms with Gasteiger partial charge in [0.05, 0.1) is 30.8 Å². The zero-order valence-corrected chi connectivity index (χ0v) is 12.3. The molecule has 5 N–H and O–H groups in total. The Morgan fingerprint density at radius 3 is 2.85 bits per heavy atom. The third-order valence-electron chi connectivity index (χ3n) is 2.60. The van der Waals surface area contributed by atoms with Crippen molar-refractivity contribution in [2.75, 3.05) is 30.5 Å². The molecule has 0 spiro atoms. The van der Waals surface area contributed by atoms with Crippen LogP contribution in [-0.2, 0) is 4.79 Å². The van der Waals surface area contributed by atoms with Crippen LogP contribution in [0.3, 0.4) is 0 Å². The van der Waals surface area contributed by atoms with Crippen LogP contribution in [-0.4, -0.2) is 46.9 Å². The number of ether oxygens (including phenoxy) is 1. The normalized spacial score (nSPS) is 13.6. The van der Waals surface area contributed by atoms with Gasteiger partial charge < -0.3 is 26.0 Å². The van der Waals surface area contributed by atoms with E-state index >= 15 is 0 Å². The minimum atomic E-state index is -0.822. The van der Waals surface area contributed by atoms with Crippen molar-refractivity contribution in [1.82, 2.24) is 0 Å². The van der Waals surface area contributed by atoms with Crippen LogP contribution in [0.25, 0.3) is 0 Å². The van der Waals surface area contributed by atoms with Gasteiger partial charge in [-0.1, -0.05) is 0 Å². The molecule has 0 aromatic heterocycles. The van der Waals surface area contributed by atoms with E-state index in [-0.39, 0.29) is 17.8 Å². The van der Waals surface area contributed by atoms with Crippen molar-refractivity contribution in [3.05, 3.63) is 18.2 Å². The van der Waals surface area contributed by atoms with Gasteiger partial charge in [0.25, 0.3) is 0 Å². The second kappa shape index (κ2) is 7.98. The number of anilines is 2. The number of benzene rings is 1. The van der Waals surface area contributed by atoms with E-state index in [0.717, 1.165) is 0 Å². The first-order valence-electron chi connectivity index (χ1n) is 6.12. The summed E-state index contributed by atoms with van der Waals surface area (Å²) in [6, 6.07) is 4.99. The van der Waals surface area contributed by atoms with Crippen molar-refractivity contribution in [2.45, 2.75) is 18.3 Å². The molecule has 2 atom stereocenters. The standard InChI is InChI=1S/C13H20N2O4S/c1-8(20-7-10(17)6-16)13(18)15-11-5-9(14)3-4-12(11)19-2/h3-5,8,10,16-17H,6-7,14H2,1-2H3,(H,15,18). The molecule has 20 heavy (non-hydrogen) atoms. The summed E-state index contributed by atoms with van der Waals surface area (Å²) in [7, 11) is 1.51. The second-order valence-electron chi connectivity index (χ2n) is 4.26. The molecule has 6 nitrogen and oxygen atoms in total. The summed E-state index contributed by atoms with van der Waals surface area (Å²) in [5.41, 5.74) is 6.71. The van der Waals surface area contributed by atoms with Gasteiger partial charge in [-0.25, -0.2) is 0 Å². The second-order valence-corrected chi connectivity index (χ2v) is 5.63. The van der Waals surface area contributed by atoms with Gasteiger partial charge in [0.2, 0.25) is 5.91 Å². The maximum atomic E-state index is 12.0. The maximum absolute atomic E-state index is 12.0. The summed E-state index contributed by atoms with van der Waals surface area (Å²) >= 11 is 1.26. The molecule has 0 heterocycles. The Morgan fingerprint density at radius 1 is 1.55 bits per heavy atom. The highest BCUT2D eigenvalue weighted by Gasteiger charge is 2.17. The molecule has 0 saturated heterocycles. The van der Waals surface area contributed by atoms with Crippen molar-refractivity contribution >= 4 is 29.0 Å². The fraction of sp³-hybridized carbons (Fsp3) is 0.462. The molecular formula is C13H20N2O4S. The van der Waals surface area contributed by atoms with E-state index < -0.39 is 6.10 Å². The first-order valence-corrected chi connectivity index (χ1v) is 7.17. The van der Waals surface area contributed by atoms with Crippen LogP contribution in [0, 0.1) is 0 Å². The average molecular weight is 300 g/mol. The lowest BCUT2D eigenvalue weighted by molar-refractivity contribution is -0.115. The van der Waals surface area contributed by atoms with E-state index in [1.807, 2.05) is 0 Å². The largest absolute Gasteiger partial charge is 0.495 e. The molecule has 0 fully saturated rings. The van der Waals surface area contributed by atoms with Gasteiger partial charge in [0, 0.05) is 11.4 Å². The number of carbonyl (C=O) groups is 1. The molecule has 0 radical (unpaired) electrons. The Labute approximate surface area is 122 Å². The van der Waals surface area contributed by atoms with E-state index in [0.29, 0.717) is 22.9 Å². The van der Waals surface area contributed by atoms with Gasteiger partial charge in [-0.05, 0) is 25.1 Å². The summed E-state index contributed by atoms with van der Waals surface area (Å²) in [5.74, 6) is 0.600. The van der Waals surface area contributed by atoms with E-state index in [9.17, 15) is 9.90 Å². The lowest BCUT2D eigenvalue weighted by Gasteiger charge is -2.15. The fourth-order valence-electron chi connectivity index (χ4n) is 1.44. The number of amides is 1. The Bertz CT molecular complexity index is 456. The number of hydrogen-bond acceptors (Lipinski definition) is 6. The highest BCUT2D eigenvalue weighted by molar-refractivity contribution is 8.00. The highest BCUT2D eigenvalue weighted by Crippen LogP contribution is 2.27. The minimum Gasteiger partial charge on any atom is -0.495 e. The van der Waals surface area contributed by atoms with Crippen LogP contribution < -0.4 is 15.8 Å². The van der Waals surface area contributed by atoms with Gasteiger partial charge in [0.1, 0.15) is 5.75 Å². The summed E-state index contributed by atoms with van der Waals surface area (Å²) < 4.78 is 5.15. The Hall–Kier alpha value is -1.44. The summed E-state index contributed by atoms with van der Waals surface area (Å²) in [6.07, 6.45) is -0.822. The van der Waals surface area contributed by atoms with Crippen LogP contribution >= 0.6 is 11.8 Å². The Balaban J connectivity index is 2.63. The maximum Gasteiger partial charge on any atom is 0.237 e. The van der Waals surface area contributed by atoms with Crippen molar-refractivity contribution in [3.63, 3.8) is 0 Å². The molecule has 112 valence electrons. The van der Waals surface area contributed by atoms with Crippen LogP contribution in [0.2, 0.25) is 0 Å². The first-order chi connectivity index (χ1) is 9.47. The van der Waals surface area contributed by atoms with Crippen molar-refractivity contribution in [3.8, 4) is 5.75 Å². The highest BCUT2D eigenvalue weighted by atomic mass is 32.2. The predicted octanol–water partition coefficient (Wildman–Crippen LogP) is 0.691. The number of hydrogen-bond donors (Lipinski definition) is 4. The zero-order valence-electron chi connectivity index (χ0n) is 11.5. The molecule has 2 unspecified atom stereocenters. The number of thioether (sulfide) groups is 1. The summed E-state index contributed by atoms with van der Waals surface area (Å²) in [6.45, 7) is 1.41. The minimum absolute atomic E-state index is 0.218. The number of rotatable bonds is 7. The van der Waals surface area contributed by atoms with Crippen molar-refractivity contribution in [2.24, 2.45) is 0 Å². The number of aliphatic hydroxyl groups is 2. The molecule has 0 saturated carbocycles. The van der Waals surface area contributed by atoms with Crippen LogP contribution in [0.5, 0.6) is 5.75 Å². The number of carbonyl (C=O) groups excluding carboxylic acids is 1. The van der Waals surface area contributed by atoms with E-state index in [1.165, 1.54) is 18.9 Å². The van der Waals surface area contributed by atoms with Crippen LogP contribution in [0.4, 0.5) is 11.4 Å². The van der Waals surface area contributed by atoms with Crippen LogP contribution in [0.15, 0.2) is 18.2 Å². The van der Waals surface area contributed by atoms with Gasteiger partial charge in [-0.3, -0.25) is 4.79 Å². The molecular weight excluding hydrogens is 280 g/mol. The molecule has 1 aromatic rings. The number of methoxy groups -OCH3 is 1. The molecule has 1 aromatic carbocycles. The molecule has 7 heteroatoms. The van der Waals surface area contributed by atoms with Gasteiger partial charge >= 0.3 is 0 Å². The van der Waals surface area contributed by atoms with E-state index in [1.54, 1.807) is 25.1 Å². The summed E-state index contributed by atoms with van der Waals surface area (Å²) in [4.78, 5) is 12.0. The molecule has 1 amide bonds. The van der Waals surface area contributed by atoms with E-state index in [4.69, 9.17) is 15.6 Å². The SMILES string of the molecule is COc1ccc(N)cc1NC(=O)C(C)SCC(O)CO. The van der Waals surface area contributed by atoms with Crippen molar-refractivity contribution in [1.29, 1.82) is 0 Å². The zero-order chi connectivity index (χ0) is 15.1. The summed E-state index contributed by atoms with van der Waals surface area (Å²) in [5, 5.41) is 20.3. The number of nitrogens with two attached hydrogens (primary N) is 1. The number of nitrogens with one attached hydrogen (secondary N) is 1. The quantitative estimate of drug-likeness (QED) is 0.552. The molecule has 0 aliphatic carbocycles. The van der Waals surface area contributed by atoms with Gasteiger partial charge in [-0.15, -0.1) is 11.8 Å². The van der Waals surface area contributed by atoms with E-state index in [2.05, 4.69) is 5.32 Å². The Morgan fingerprint density at radius 2 is 2.25 bits per heavy atom.